The van der Waals surface area contributed by atoms with Gasteiger partial charge in [0.1, 0.15) is 0 Å². The van der Waals surface area contributed by atoms with Gasteiger partial charge in [0, 0.05) is 25.3 Å². The van der Waals surface area contributed by atoms with Crippen LogP contribution in [-0.2, 0) is 0 Å². The first-order valence-electron chi connectivity index (χ1n) is 3.65. The van der Waals surface area contributed by atoms with E-state index in [0.29, 0.717) is 6.04 Å². The fourth-order valence-electron chi connectivity index (χ4n) is 1.35. The fourth-order valence-corrected chi connectivity index (χ4v) is 1.35. The molecule has 10 heavy (non-hydrogen) atoms. The van der Waals surface area contributed by atoms with Gasteiger partial charge in [-0.2, -0.15) is 0 Å². The Bertz CT molecular complexity index is 213. The Labute approximate surface area is 60.4 Å². The van der Waals surface area contributed by atoms with Crippen molar-refractivity contribution in [3.63, 3.8) is 0 Å². The van der Waals surface area contributed by atoms with Crippen molar-refractivity contribution in [2.75, 3.05) is 6.54 Å². The topological polar surface area (TPSA) is 24.7 Å². The van der Waals surface area contributed by atoms with Gasteiger partial charge in [-0.3, -0.25) is 9.98 Å². The zero-order valence-corrected chi connectivity index (χ0v) is 5.83. The van der Waals surface area contributed by atoms with Crippen LogP contribution in [0.25, 0.3) is 0 Å². The molecule has 0 saturated heterocycles. The molecule has 0 N–H and O–H groups in total. The van der Waals surface area contributed by atoms with Crippen molar-refractivity contribution < 1.29 is 0 Å². The van der Waals surface area contributed by atoms with Gasteiger partial charge in [-0.15, -0.1) is 0 Å². The number of allylic oxidation sites excluding steroid dienone is 1. The first kappa shape index (κ1) is 5.83. The molecule has 0 fully saturated rings. The molecule has 1 atom stereocenters. The monoisotopic (exact) mass is 134 g/mol. The third-order valence-electron chi connectivity index (χ3n) is 1.93. The standard InChI is InChI=1S/C8H10N2/c1-2-7-3-5-10-8(7)6-9-4-1/h2,4-5,8H,1,3,6H2. The molecule has 0 aromatic rings. The highest BCUT2D eigenvalue weighted by Crippen LogP contribution is 2.18. The lowest BCUT2D eigenvalue weighted by Gasteiger charge is -2.02. The van der Waals surface area contributed by atoms with E-state index >= 15 is 0 Å². The van der Waals surface area contributed by atoms with Crippen molar-refractivity contribution in [1.29, 1.82) is 0 Å². The average Bonchev–Trinajstić information content (AvgIpc) is 2.28. The second-order valence-corrected chi connectivity index (χ2v) is 2.61. The molecule has 0 aromatic carbocycles. The van der Waals surface area contributed by atoms with Crippen LogP contribution in [0.2, 0.25) is 0 Å². The van der Waals surface area contributed by atoms with Gasteiger partial charge in [0.25, 0.3) is 0 Å². The maximum atomic E-state index is 4.31. The van der Waals surface area contributed by atoms with E-state index in [0.717, 1.165) is 19.4 Å². The van der Waals surface area contributed by atoms with Crippen molar-refractivity contribution >= 4 is 12.4 Å². The maximum absolute atomic E-state index is 4.31. The lowest BCUT2D eigenvalue weighted by Crippen LogP contribution is -2.05. The first-order chi connectivity index (χ1) is 4.97. The molecule has 0 bridgehead atoms. The largest absolute Gasteiger partial charge is 0.295 e. The Morgan fingerprint density at radius 1 is 1.40 bits per heavy atom. The number of hydrogen-bond donors (Lipinski definition) is 0. The van der Waals surface area contributed by atoms with Crippen LogP contribution in [0, 0.1) is 0 Å². The van der Waals surface area contributed by atoms with Crippen molar-refractivity contribution in [3.8, 4) is 0 Å². The zero-order chi connectivity index (χ0) is 6.81. The summed E-state index contributed by atoms with van der Waals surface area (Å²) in [5, 5.41) is 0. The predicted octanol–water partition coefficient (Wildman–Crippen LogP) is 1.23. The van der Waals surface area contributed by atoms with E-state index in [-0.39, 0.29) is 0 Å². The number of rotatable bonds is 0. The van der Waals surface area contributed by atoms with Crippen molar-refractivity contribution in [3.05, 3.63) is 11.6 Å². The number of aliphatic imine (C=N–C) groups is 2. The third-order valence-corrected chi connectivity index (χ3v) is 1.93. The van der Waals surface area contributed by atoms with Crippen LogP contribution in [0.15, 0.2) is 21.6 Å². The molecule has 2 rings (SSSR count). The summed E-state index contributed by atoms with van der Waals surface area (Å²) >= 11 is 0. The smallest absolute Gasteiger partial charge is 0.0903 e. The summed E-state index contributed by atoms with van der Waals surface area (Å²) in [5.74, 6) is 0. The number of nitrogens with zero attached hydrogens (tertiary/aromatic N) is 2. The van der Waals surface area contributed by atoms with Crippen LogP contribution in [0.3, 0.4) is 0 Å². The highest BCUT2D eigenvalue weighted by atomic mass is 14.9. The van der Waals surface area contributed by atoms with Crippen LogP contribution < -0.4 is 0 Å². The Kier molecular flexibility index (Phi) is 1.38. The Balaban J connectivity index is 2.22. The van der Waals surface area contributed by atoms with Crippen LogP contribution in [-0.4, -0.2) is 25.0 Å². The Morgan fingerprint density at radius 3 is 3.40 bits per heavy atom. The average molecular weight is 134 g/mol. The molecule has 1 unspecified atom stereocenters. The second-order valence-electron chi connectivity index (χ2n) is 2.61. The van der Waals surface area contributed by atoms with Gasteiger partial charge in [-0.05, 0) is 5.57 Å². The lowest BCUT2D eigenvalue weighted by atomic mass is 10.1. The van der Waals surface area contributed by atoms with E-state index in [9.17, 15) is 0 Å². The molecule has 2 aliphatic heterocycles. The third kappa shape index (κ3) is 0.897. The molecule has 0 spiro atoms. The Hall–Kier alpha value is -0.920. The van der Waals surface area contributed by atoms with E-state index in [1.54, 1.807) is 0 Å². The minimum absolute atomic E-state index is 0.388. The summed E-state index contributed by atoms with van der Waals surface area (Å²) < 4.78 is 0. The van der Waals surface area contributed by atoms with E-state index in [2.05, 4.69) is 16.1 Å². The quantitative estimate of drug-likeness (QED) is 0.445. The van der Waals surface area contributed by atoms with E-state index in [1.165, 1.54) is 5.57 Å². The molecular formula is C8H10N2. The van der Waals surface area contributed by atoms with Gasteiger partial charge in [0.15, 0.2) is 0 Å². The Morgan fingerprint density at radius 2 is 2.40 bits per heavy atom. The highest BCUT2D eigenvalue weighted by molar-refractivity contribution is 5.69. The summed E-state index contributed by atoms with van der Waals surface area (Å²) in [6.07, 6.45) is 8.26. The second kappa shape index (κ2) is 2.37. The molecule has 0 amide bonds. The molecule has 2 nitrogen and oxygen atoms in total. The van der Waals surface area contributed by atoms with Gasteiger partial charge < -0.3 is 0 Å². The van der Waals surface area contributed by atoms with Gasteiger partial charge in [-0.25, -0.2) is 0 Å². The van der Waals surface area contributed by atoms with Crippen LogP contribution in [0.4, 0.5) is 0 Å². The normalized spacial score (nSPS) is 29.6. The SMILES string of the molecule is C1=NCC2N=CCC2=CC1. The van der Waals surface area contributed by atoms with Crippen LogP contribution in [0.5, 0.6) is 0 Å². The summed E-state index contributed by atoms with van der Waals surface area (Å²) in [6, 6.07) is 0.388. The fraction of sp³-hybridized carbons (Fsp3) is 0.500. The molecule has 0 aliphatic carbocycles. The van der Waals surface area contributed by atoms with Gasteiger partial charge in [0.2, 0.25) is 0 Å². The van der Waals surface area contributed by atoms with E-state index in [1.807, 2.05) is 12.4 Å². The predicted molar refractivity (Wildman–Crippen MR) is 43.0 cm³/mol. The van der Waals surface area contributed by atoms with Gasteiger partial charge in [0.05, 0.1) is 12.6 Å². The highest BCUT2D eigenvalue weighted by Gasteiger charge is 2.16. The minimum Gasteiger partial charge on any atom is -0.295 e. The molecule has 0 radical (unpaired) electrons. The lowest BCUT2D eigenvalue weighted by molar-refractivity contribution is 0.808. The van der Waals surface area contributed by atoms with Crippen molar-refractivity contribution in [2.45, 2.75) is 18.9 Å². The van der Waals surface area contributed by atoms with Gasteiger partial charge in [-0.1, -0.05) is 6.08 Å². The number of fused-ring (bicyclic) bond motifs is 1. The molecule has 2 aliphatic rings. The zero-order valence-electron chi connectivity index (χ0n) is 5.83. The maximum Gasteiger partial charge on any atom is 0.0903 e. The van der Waals surface area contributed by atoms with Gasteiger partial charge >= 0.3 is 0 Å². The molecule has 52 valence electrons. The molecule has 2 heterocycles. The van der Waals surface area contributed by atoms with Crippen LogP contribution in [0.1, 0.15) is 12.8 Å². The summed E-state index contributed by atoms with van der Waals surface area (Å²) in [4.78, 5) is 8.53. The molecule has 0 aromatic heterocycles. The summed E-state index contributed by atoms with van der Waals surface area (Å²) in [6.45, 7) is 0.863. The van der Waals surface area contributed by atoms with E-state index < -0.39 is 0 Å². The van der Waals surface area contributed by atoms with E-state index in [4.69, 9.17) is 0 Å². The van der Waals surface area contributed by atoms with Crippen LogP contribution >= 0.6 is 0 Å². The first-order valence-corrected chi connectivity index (χ1v) is 3.65. The van der Waals surface area contributed by atoms with Crippen molar-refractivity contribution in [2.24, 2.45) is 9.98 Å². The number of hydrogen-bond acceptors (Lipinski definition) is 2. The molecular weight excluding hydrogens is 124 g/mol. The summed E-state index contributed by atoms with van der Waals surface area (Å²) in [7, 11) is 0. The summed E-state index contributed by atoms with van der Waals surface area (Å²) in [5.41, 5.74) is 1.46. The molecule has 0 saturated carbocycles. The van der Waals surface area contributed by atoms with Crippen molar-refractivity contribution in [1.82, 2.24) is 0 Å². The minimum atomic E-state index is 0.388. The molecule has 2 heteroatoms.